The molecule has 2 rings (SSSR count). The van der Waals surface area contributed by atoms with Gasteiger partial charge in [-0.25, -0.2) is 4.79 Å². The van der Waals surface area contributed by atoms with Crippen molar-refractivity contribution in [1.82, 2.24) is 0 Å². The molecule has 0 heterocycles. The molecule has 0 aliphatic carbocycles. The maximum Gasteiger partial charge on any atom is 0.336 e. The number of aromatic carboxylic acids is 1. The van der Waals surface area contributed by atoms with Gasteiger partial charge in [0.15, 0.2) is 0 Å². The first kappa shape index (κ1) is 15.1. The lowest BCUT2D eigenvalue weighted by molar-refractivity contribution is -0.115. The SMILES string of the molecule is CN(C(=O)CSc1ccccc1C(=O)O)c1ccccc1. The summed E-state index contributed by atoms with van der Waals surface area (Å²) >= 11 is 1.23. The van der Waals surface area contributed by atoms with Crippen LogP contribution in [0.1, 0.15) is 10.4 Å². The van der Waals surface area contributed by atoms with Crippen molar-refractivity contribution in [1.29, 1.82) is 0 Å². The molecule has 4 nitrogen and oxygen atoms in total. The number of carbonyl (C=O) groups is 2. The second-order valence-electron chi connectivity index (χ2n) is 4.38. The Morgan fingerprint density at radius 1 is 1.05 bits per heavy atom. The molecule has 2 aromatic rings. The number of benzene rings is 2. The van der Waals surface area contributed by atoms with Gasteiger partial charge < -0.3 is 10.0 Å². The van der Waals surface area contributed by atoms with Gasteiger partial charge in [-0.1, -0.05) is 30.3 Å². The smallest absolute Gasteiger partial charge is 0.336 e. The van der Waals surface area contributed by atoms with E-state index in [4.69, 9.17) is 5.11 Å². The van der Waals surface area contributed by atoms with E-state index in [-0.39, 0.29) is 17.2 Å². The minimum Gasteiger partial charge on any atom is -0.478 e. The number of hydrogen-bond acceptors (Lipinski definition) is 3. The standard InChI is InChI=1S/C16H15NO3S/c1-17(12-7-3-2-4-8-12)15(18)11-21-14-10-6-5-9-13(14)16(19)20/h2-10H,11H2,1H3,(H,19,20). The molecule has 0 bridgehead atoms. The number of carboxylic acid groups (broad SMARTS) is 1. The van der Waals surface area contributed by atoms with Crippen LogP contribution in [0.2, 0.25) is 0 Å². The van der Waals surface area contributed by atoms with Gasteiger partial charge in [-0.15, -0.1) is 11.8 Å². The Balaban J connectivity index is 2.03. The zero-order chi connectivity index (χ0) is 15.2. The molecule has 2 aromatic carbocycles. The van der Waals surface area contributed by atoms with Crippen LogP contribution in [0.4, 0.5) is 5.69 Å². The molecular weight excluding hydrogens is 286 g/mol. The molecule has 0 saturated heterocycles. The van der Waals surface area contributed by atoms with Crippen LogP contribution >= 0.6 is 11.8 Å². The third-order valence-corrected chi connectivity index (χ3v) is 4.04. The summed E-state index contributed by atoms with van der Waals surface area (Å²) < 4.78 is 0. The van der Waals surface area contributed by atoms with Gasteiger partial charge in [-0.05, 0) is 24.3 Å². The zero-order valence-electron chi connectivity index (χ0n) is 11.5. The highest BCUT2D eigenvalue weighted by Crippen LogP contribution is 2.23. The number of anilines is 1. The molecule has 0 saturated carbocycles. The molecule has 1 N–H and O–H groups in total. The Morgan fingerprint density at radius 2 is 1.67 bits per heavy atom. The third-order valence-electron chi connectivity index (χ3n) is 2.99. The van der Waals surface area contributed by atoms with Crippen molar-refractivity contribution in [2.24, 2.45) is 0 Å². The molecule has 0 aliphatic rings. The minimum atomic E-state index is -0.984. The summed E-state index contributed by atoms with van der Waals surface area (Å²) in [6.07, 6.45) is 0. The number of hydrogen-bond donors (Lipinski definition) is 1. The fourth-order valence-electron chi connectivity index (χ4n) is 1.80. The quantitative estimate of drug-likeness (QED) is 0.862. The first-order valence-corrected chi connectivity index (χ1v) is 7.35. The van der Waals surface area contributed by atoms with Crippen LogP contribution in [0, 0.1) is 0 Å². The Bertz CT molecular complexity index is 643. The number of thioether (sulfide) groups is 1. The predicted octanol–water partition coefficient (Wildman–Crippen LogP) is 3.14. The van der Waals surface area contributed by atoms with Crippen molar-refractivity contribution >= 4 is 29.3 Å². The highest BCUT2D eigenvalue weighted by Gasteiger charge is 2.14. The van der Waals surface area contributed by atoms with Gasteiger partial charge in [-0.3, -0.25) is 4.79 Å². The lowest BCUT2D eigenvalue weighted by Crippen LogP contribution is -2.27. The van der Waals surface area contributed by atoms with E-state index in [1.807, 2.05) is 30.3 Å². The van der Waals surface area contributed by atoms with Crippen molar-refractivity contribution < 1.29 is 14.7 Å². The lowest BCUT2D eigenvalue weighted by Gasteiger charge is -2.17. The summed E-state index contributed by atoms with van der Waals surface area (Å²) in [7, 11) is 1.71. The molecule has 108 valence electrons. The van der Waals surface area contributed by atoms with Gasteiger partial charge in [0.2, 0.25) is 5.91 Å². The van der Waals surface area contributed by atoms with Gasteiger partial charge in [0.05, 0.1) is 11.3 Å². The zero-order valence-corrected chi connectivity index (χ0v) is 12.3. The maximum absolute atomic E-state index is 12.2. The molecular formula is C16H15NO3S. The topological polar surface area (TPSA) is 57.6 Å². The first-order chi connectivity index (χ1) is 10.1. The average molecular weight is 301 g/mol. The van der Waals surface area contributed by atoms with Gasteiger partial charge in [0, 0.05) is 17.6 Å². The van der Waals surface area contributed by atoms with Crippen LogP contribution in [0.3, 0.4) is 0 Å². The van der Waals surface area contributed by atoms with Crippen LogP contribution in [0.15, 0.2) is 59.5 Å². The van der Waals surface area contributed by atoms with E-state index in [9.17, 15) is 9.59 Å². The van der Waals surface area contributed by atoms with E-state index in [2.05, 4.69) is 0 Å². The fourth-order valence-corrected chi connectivity index (χ4v) is 2.76. The van der Waals surface area contributed by atoms with Crippen LogP contribution in [-0.4, -0.2) is 29.8 Å². The van der Waals surface area contributed by atoms with E-state index in [1.54, 1.807) is 30.1 Å². The Hall–Kier alpha value is -2.27. The van der Waals surface area contributed by atoms with E-state index in [1.165, 1.54) is 17.8 Å². The number of rotatable bonds is 5. The van der Waals surface area contributed by atoms with Crippen molar-refractivity contribution in [2.75, 3.05) is 17.7 Å². The summed E-state index contributed by atoms with van der Waals surface area (Å²) in [5.74, 6) is -0.872. The number of carbonyl (C=O) groups excluding carboxylic acids is 1. The van der Waals surface area contributed by atoms with Crippen molar-refractivity contribution in [2.45, 2.75) is 4.90 Å². The molecule has 21 heavy (non-hydrogen) atoms. The van der Waals surface area contributed by atoms with Crippen LogP contribution in [-0.2, 0) is 4.79 Å². The Morgan fingerprint density at radius 3 is 2.33 bits per heavy atom. The number of nitrogens with zero attached hydrogens (tertiary/aromatic N) is 1. The van der Waals surface area contributed by atoms with E-state index in [0.717, 1.165) is 5.69 Å². The van der Waals surface area contributed by atoms with Crippen molar-refractivity contribution in [3.63, 3.8) is 0 Å². The highest BCUT2D eigenvalue weighted by molar-refractivity contribution is 8.00. The molecule has 5 heteroatoms. The van der Waals surface area contributed by atoms with E-state index in [0.29, 0.717) is 4.90 Å². The molecule has 0 aromatic heterocycles. The number of carboxylic acids is 1. The predicted molar refractivity (Wildman–Crippen MR) is 84.0 cm³/mol. The number of para-hydroxylation sites is 1. The highest BCUT2D eigenvalue weighted by atomic mass is 32.2. The van der Waals surface area contributed by atoms with Gasteiger partial charge in [0.25, 0.3) is 0 Å². The van der Waals surface area contributed by atoms with Crippen molar-refractivity contribution in [3.8, 4) is 0 Å². The molecule has 1 amide bonds. The molecule has 0 unspecified atom stereocenters. The molecule has 0 atom stereocenters. The summed E-state index contributed by atoms with van der Waals surface area (Å²) in [6, 6.07) is 16.0. The Labute approximate surface area is 127 Å². The van der Waals surface area contributed by atoms with Gasteiger partial charge in [-0.2, -0.15) is 0 Å². The summed E-state index contributed by atoms with van der Waals surface area (Å²) in [6.45, 7) is 0. The molecule has 0 radical (unpaired) electrons. The average Bonchev–Trinajstić information content (AvgIpc) is 2.52. The molecule has 0 fully saturated rings. The largest absolute Gasteiger partial charge is 0.478 e. The normalized spacial score (nSPS) is 10.1. The van der Waals surface area contributed by atoms with E-state index >= 15 is 0 Å². The summed E-state index contributed by atoms with van der Waals surface area (Å²) in [5.41, 5.74) is 1.03. The van der Waals surface area contributed by atoms with Gasteiger partial charge >= 0.3 is 5.97 Å². The van der Waals surface area contributed by atoms with Crippen LogP contribution in [0.5, 0.6) is 0 Å². The second kappa shape index (κ2) is 6.95. The molecule has 0 aliphatic heterocycles. The second-order valence-corrected chi connectivity index (χ2v) is 5.40. The number of amides is 1. The van der Waals surface area contributed by atoms with Gasteiger partial charge in [0.1, 0.15) is 0 Å². The first-order valence-electron chi connectivity index (χ1n) is 6.36. The lowest BCUT2D eigenvalue weighted by atomic mass is 10.2. The van der Waals surface area contributed by atoms with Crippen LogP contribution in [0.25, 0.3) is 0 Å². The van der Waals surface area contributed by atoms with Crippen LogP contribution < -0.4 is 4.90 Å². The third kappa shape index (κ3) is 3.86. The van der Waals surface area contributed by atoms with E-state index < -0.39 is 5.97 Å². The summed E-state index contributed by atoms with van der Waals surface area (Å²) in [5, 5.41) is 9.11. The summed E-state index contributed by atoms with van der Waals surface area (Å²) in [4.78, 5) is 25.4. The minimum absolute atomic E-state index is 0.0774. The maximum atomic E-state index is 12.2. The Kier molecular flexibility index (Phi) is 5.00. The fraction of sp³-hybridized carbons (Fsp3) is 0.125. The van der Waals surface area contributed by atoms with Crippen molar-refractivity contribution in [3.05, 3.63) is 60.2 Å². The molecule has 0 spiro atoms. The monoisotopic (exact) mass is 301 g/mol.